The highest BCUT2D eigenvalue weighted by Crippen LogP contribution is 2.34. The predicted octanol–water partition coefficient (Wildman–Crippen LogP) is 1.46. The van der Waals surface area contributed by atoms with Gasteiger partial charge in [0.2, 0.25) is 0 Å². The van der Waals surface area contributed by atoms with Crippen LogP contribution in [0.15, 0.2) is 18.2 Å². The van der Waals surface area contributed by atoms with Gasteiger partial charge in [-0.2, -0.15) is 5.26 Å². The molecular formula is C15H18N2O4. The summed E-state index contributed by atoms with van der Waals surface area (Å²) < 4.78 is 16.1. The number of nitrogens with zero attached hydrogens (tertiary/aromatic N) is 2. The number of nitriles is 1. The minimum Gasteiger partial charge on any atom is -0.486 e. The fraction of sp³-hybridized carbons (Fsp3) is 0.467. The predicted molar refractivity (Wildman–Crippen MR) is 75.4 cm³/mol. The van der Waals surface area contributed by atoms with Crippen LogP contribution < -0.4 is 9.47 Å². The molecule has 6 nitrogen and oxygen atoms in total. The second kappa shape index (κ2) is 7.50. The van der Waals surface area contributed by atoms with E-state index in [4.69, 9.17) is 19.5 Å². The van der Waals surface area contributed by atoms with E-state index in [2.05, 4.69) is 6.07 Å². The van der Waals surface area contributed by atoms with Gasteiger partial charge in [0, 0.05) is 20.2 Å². The van der Waals surface area contributed by atoms with Crippen LogP contribution in [0.3, 0.4) is 0 Å². The highest BCUT2D eigenvalue weighted by atomic mass is 16.6. The highest BCUT2D eigenvalue weighted by molar-refractivity contribution is 5.97. The molecule has 1 amide bonds. The normalized spacial score (nSPS) is 12.6. The van der Waals surface area contributed by atoms with Crippen molar-refractivity contribution in [3.05, 3.63) is 23.8 Å². The summed E-state index contributed by atoms with van der Waals surface area (Å²) in [7, 11) is 1.58. The smallest absolute Gasteiger partial charge is 0.257 e. The minimum absolute atomic E-state index is 0.176. The van der Waals surface area contributed by atoms with Crippen molar-refractivity contribution in [1.82, 2.24) is 4.90 Å². The lowest BCUT2D eigenvalue weighted by Crippen LogP contribution is -2.35. The monoisotopic (exact) mass is 290 g/mol. The first kappa shape index (κ1) is 15.1. The van der Waals surface area contributed by atoms with Gasteiger partial charge in [0.05, 0.1) is 24.7 Å². The zero-order chi connectivity index (χ0) is 15.1. The third-order valence-electron chi connectivity index (χ3n) is 3.14. The van der Waals surface area contributed by atoms with Gasteiger partial charge in [-0.05, 0) is 12.1 Å². The van der Waals surface area contributed by atoms with Crippen molar-refractivity contribution in [1.29, 1.82) is 5.26 Å². The zero-order valence-electron chi connectivity index (χ0n) is 12.0. The molecule has 1 heterocycles. The first-order valence-corrected chi connectivity index (χ1v) is 6.81. The lowest BCUT2D eigenvalue weighted by Gasteiger charge is -2.25. The van der Waals surface area contributed by atoms with E-state index < -0.39 is 0 Å². The molecule has 1 aliphatic heterocycles. The fourth-order valence-corrected chi connectivity index (χ4v) is 2.11. The number of methoxy groups -OCH3 is 1. The molecule has 0 spiro atoms. The topological polar surface area (TPSA) is 71.8 Å². The number of hydrogen-bond acceptors (Lipinski definition) is 5. The van der Waals surface area contributed by atoms with E-state index in [0.717, 1.165) is 0 Å². The zero-order valence-corrected chi connectivity index (χ0v) is 12.0. The van der Waals surface area contributed by atoms with E-state index >= 15 is 0 Å². The van der Waals surface area contributed by atoms with Crippen LogP contribution in [-0.4, -0.2) is 50.8 Å². The van der Waals surface area contributed by atoms with Crippen LogP contribution in [0.5, 0.6) is 11.5 Å². The molecule has 0 saturated carbocycles. The number of amides is 1. The van der Waals surface area contributed by atoms with Crippen molar-refractivity contribution in [2.45, 2.75) is 6.42 Å². The number of benzene rings is 1. The number of para-hydroxylation sites is 1. The summed E-state index contributed by atoms with van der Waals surface area (Å²) in [6.45, 7) is 2.12. The Hall–Kier alpha value is -2.26. The number of carbonyl (C=O) groups excluding carboxylic acids is 1. The van der Waals surface area contributed by atoms with Gasteiger partial charge in [0.25, 0.3) is 5.91 Å². The maximum Gasteiger partial charge on any atom is 0.257 e. The highest BCUT2D eigenvalue weighted by Gasteiger charge is 2.24. The molecule has 0 N–H and O–H groups in total. The summed E-state index contributed by atoms with van der Waals surface area (Å²) in [6.07, 6.45) is 0.280. The summed E-state index contributed by atoms with van der Waals surface area (Å²) in [4.78, 5) is 14.3. The molecule has 1 aromatic carbocycles. The number of ether oxygens (including phenoxy) is 3. The summed E-state index contributed by atoms with van der Waals surface area (Å²) in [5.41, 5.74) is 0.459. The molecule has 0 fully saturated rings. The van der Waals surface area contributed by atoms with Crippen LogP contribution in [0.25, 0.3) is 0 Å². The Morgan fingerprint density at radius 1 is 1.38 bits per heavy atom. The van der Waals surface area contributed by atoms with Crippen molar-refractivity contribution in [2.75, 3.05) is 40.0 Å². The Kier molecular flexibility index (Phi) is 5.41. The van der Waals surface area contributed by atoms with Crippen molar-refractivity contribution in [2.24, 2.45) is 0 Å². The van der Waals surface area contributed by atoms with Gasteiger partial charge in [-0.3, -0.25) is 4.79 Å². The molecule has 1 aromatic rings. The van der Waals surface area contributed by atoms with Crippen molar-refractivity contribution in [3.8, 4) is 17.6 Å². The second-order valence-corrected chi connectivity index (χ2v) is 4.52. The summed E-state index contributed by atoms with van der Waals surface area (Å²) in [5.74, 6) is 0.886. The summed E-state index contributed by atoms with van der Waals surface area (Å²) in [6, 6.07) is 7.30. The SMILES string of the molecule is COCCN(CCC#N)C(=O)c1cccc2c1OCCO2. The van der Waals surface area contributed by atoms with Gasteiger partial charge >= 0.3 is 0 Å². The molecule has 2 rings (SSSR count). The minimum atomic E-state index is -0.176. The summed E-state index contributed by atoms with van der Waals surface area (Å²) in [5, 5.41) is 8.72. The Balaban J connectivity index is 2.21. The van der Waals surface area contributed by atoms with Gasteiger partial charge in [-0.15, -0.1) is 0 Å². The molecule has 21 heavy (non-hydrogen) atoms. The van der Waals surface area contributed by atoms with E-state index in [0.29, 0.717) is 50.0 Å². The number of carbonyl (C=O) groups is 1. The van der Waals surface area contributed by atoms with Crippen LogP contribution in [-0.2, 0) is 4.74 Å². The van der Waals surface area contributed by atoms with Gasteiger partial charge in [-0.25, -0.2) is 0 Å². The average Bonchev–Trinajstić information content (AvgIpc) is 2.54. The molecule has 0 bridgehead atoms. The molecule has 0 saturated heterocycles. The molecule has 0 atom stereocenters. The lowest BCUT2D eigenvalue weighted by molar-refractivity contribution is 0.0690. The molecule has 1 aliphatic rings. The maximum absolute atomic E-state index is 12.7. The largest absolute Gasteiger partial charge is 0.486 e. The number of rotatable bonds is 6. The van der Waals surface area contributed by atoms with Crippen LogP contribution in [0, 0.1) is 11.3 Å². The van der Waals surface area contributed by atoms with Crippen LogP contribution >= 0.6 is 0 Å². The molecule has 0 aromatic heterocycles. The van der Waals surface area contributed by atoms with E-state index in [9.17, 15) is 4.79 Å². The molecule has 0 unspecified atom stereocenters. The summed E-state index contributed by atoms with van der Waals surface area (Å²) >= 11 is 0. The van der Waals surface area contributed by atoms with Gasteiger partial charge in [-0.1, -0.05) is 6.07 Å². The van der Waals surface area contributed by atoms with Crippen molar-refractivity contribution in [3.63, 3.8) is 0 Å². The number of fused-ring (bicyclic) bond motifs is 1. The molecular weight excluding hydrogens is 272 g/mol. The molecule has 0 aliphatic carbocycles. The average molecular weight is 290 g/mol. The Bertz CT molecular complexity index is 539. The standard InChI is InChI=1S/C15H18N2O4/c1-19-9-8-17(7-3-6-16)15(18)12-4-2-5-13-14(12)21-11-10-20-13/h2,4-5H,3,7-11H2,1H3. The van der Waals surface area contributed by atoms with Crippen LogP contribution in [0.1, 0.15) is 16.8 Å². The molecule has 6 heteroatoms. The Labute approximate surface area is 123 Å². The van der Waals surface area contributed by atoms with E-state index in [1.54, 1.807) is 30.2 Å². The number of hydrogen-bond donors (Lipinski definition) is 0. The fourth-order valence-electron chi connectivity index (χ4n) is 2.11. The quantitative estimate of drug-likeness (QED) is 0.793. The first-order valence-electron chi connectivity index (χ1n) is 6.81. The molecule has 0 radical (unpaired) electrons. The van der Waals surface area contributed by atoms with E-state index in [-0.39, 0.29) is 12.3 Å². The van der Waals surface area contributed by atoms with E-state index in [1.807, 2.05) is 0 Å². The lowest BCUT2D eigenvalue weighted by atomic mass is 10.1. The van der Waals surface area contributed by atoms with Gasteiger partial charge < -0.3 is 19.1 Å². The van der Waals surface area contributed by atoms with Gasteiger partial charge in [0.1, 0.15) is 13.2 Å². The maximum atomic E-state index is 12.7. The van der Waals surface area contributed by atoms with Crippen molar-refractivity contribution < 1.29 is 19.0 Å². The van der Waals surface area contributed by atoms with Crippen LogP contribution in [0.2, 0.25) is 0 Å². The first-order chi connectivity index (χ1) is 10.3. The van der Waals surface area contributed by atoms with Gasteiger partial charge in [0.15, 0.2) is 11.5 Å². The van der Waals surface area contributed by atoms with Crippen molar-refractivity contribution >= 4 is 5.91 Å². The third-order valence-corrected chi connectivity index (χ3v) is 3.14. The molecule has 112 valence electrons. The van der Waals surface area contributed by atoms with E-state index in [1.165, 1.54) is 0 Å². The van der Waals surface area contributed by atoms with Crippen LogP contribution in [0.4, 0.5) is 0 Å². The second-order valence-electron chi connectivity index (χ2n) is 4.52. The Morgan fingerprint density at radius 3 is 2.95 bits per heavy atom. The third kappa shape index (κ3) is 3.64. The Morgan fingerprint density at radius 2 is 2.19 bits per heavy atom.